The summed E-state index contributed by atoms with van der Waals surface area (Å²) in [7, 11) is 0. The number of hydrogen-bond acceptors (Lipinski definition) is 2. The monoisotopic (exact) mass is 186 g/mol. The van der Waals surface area contributed by atoms with Crippen molar-refractivity contribution in [2.45, 2.75) is 33.8 Å². The second kappa shape index (κ2) is 6.17. The van der Waals surface area contributed by atoms with Gasteiger partial charge in [0.05, 0.1) is 6.10 Å². The number of hydrogen-bond donors (Lipinski definition) is 2. The largest absolute Gasteiger partial charge is 0.396 e. The third-order valence-corrected chi connectivity index (χ3v) is 2.21. The van der Waals surface area contributed by atoms with Gasteiger partial charge in [-0.1, -0.05) is 39.8 Å². The Balaban J connectivity index is 4.02. The molecule has 2 heteroatoms. The average molecular weight is 186 g/mol. The molecule has 0 unspecified atom stereocenters. The van der Waals surface area contributed by atoms with Crippen LogP contribution in [-0.4, -0.2) is 22.9 Å². The molecule has 2 N–H and O–H groups in total. The van der Waals surface area contributed by atoms with Gasteiger partial charge < -0.3 is 10.2 Å². The molecule has 2 nitrogen and oxygen atoms in total. The Bertz CT molecular complexity index is 152. The fourth-order valence-corrected chi connectivity index (χ4v) is 1.14. The van der Waals surface area contributed by atoms with Crippen molar-refractivity contribution in [3.63, 3.8) is 0 Å². The van der Waals surface area contributed by atoms with E-state index < -0.39 is 6.10 Å². The highest BCUT2D eigenvalue weighted by atomic mass is 16.3. The van der Waals surface area contributed by atoms with Crippen molar-refractivity contribution >= 4 is 0 Å². The molecule has 0 spiro atoms. The molecule has 0 aromatic heterocycles. The van der Waals surface area contributed by atoms with E-state index in [1.807, 2.05) is 19.9 Å². The maximum Gasteiger partial charge on any atom is 0.0647 e. The summed E-state index contributed by atoms with van der Waals surface area (Å²) in [5, 5.41) is 18.5. The molecular formula is C11H22O2. The van der Waals surface area contributed by atoms with Crippen LogP contribution in [0.3, 0.4) is 0 Å². The van der Waals surface area contributed by atoms with Crippen LogP contribution in [0.25, 0.3) is 0 Å². The van der Waals surface area contributed by atoms with Gasteiger partial charge in [-0.2, -0.15) is 0 Å². The lowest BCUT2D eigenvalue weighted by molar-refractivity contribution is 0.0511. The van der Waals surface area contributed by atoms with Crippen LogP contribution in [0.15, 0.2) is 12.2 Å². The lowest BCUT2D eigenvalue weighted by Gasteiger charge is -2.20. The second-order valence-corrected chi connectivity index (χ2v) is 4.14. The minimum Gasteiger partial charge on any atom is -0.396 e. The van der Waals surface area contributed by atoms with Crippen LogP contribution in [-0.2, 0) is 0 Å². The van der Waals surface area contributed by atoms with E-state index in [9.17, 15) is 5.11 Å². The molecule has 0 heterocycles. The molecule has 0 rings (SSSR count). The third-order valence-electron chi connectivity index (χ3n) is 2.21. The van der Waals surface area contributed by atoms with Gasteiger partial charge in [0.25, 0.3) is 0 Å². The molecule has 0 aliphatic carbocycles. The lowest BCUT2D eigenvalue weighted by atomic mass is 9.93. The molecule has 0 bridgehead atoms. The Hall–Kier alpha value is -0.340. The summed E-state index contributed by atoms with van der Waals surface area (Å²) in [6.07, 6.45) is 3.65. The van der Waals surface area contributed by atoms with Gasteiger partial charge >= 0.3 is 0 Å². The van der Waals surface area contributed by atoms with Crippen molar-refractivity contribution in [1.29, 1.82) is 0 Å². The highest BCUT2D eigenvalue weighted by molar-refractivity contribution is 4.92. The topological polar surface area (TPSA) is 40.5 Å². The van der Waals surface area contributed by atoms with Crippen molar-refractivity contribution in [2.75, 3.05) is 6.61 Å². The molecule has 0 aromatic rings. The minimum atomic E-state index is -0.444. The Morgan fingerprint density at radius 1 is 1.08 bits per heavy atom. The highest BCUT2D eigenvalue weighted by Gasteiger charge is 2.17. The fraction of sp³-hybridized carbons (Fsp3) is 0.818. The Morgan fingerprint density at radius 2 is 1.62 bits per heavy atom. The molecule has 0 aliphatic heterocycles. The van der Waals surface area contributed by atoms with Crippen LogP contribution in [0.5, 0.6) is 0 Å². The van der Waals surface area contributed by atoms with Crippen molar-refractivity contribution in [2.24, 2.45) is 17.8 Å². The van der Waals surface area contributed by atoms with Crippen LogP contribution < -0.4 is 0 Å². The van der Waals surface area contributed by atoms with E-state index in [-0.39, 0.29) is 18.4 Å². The van der Waals surface area contributed by atoms with Gasteiger partial charge in [-0.05, 0) is 5.92 Å². The number of rotatable bonds is 5. The van der Waals surface area contributed by atoms with Crippen molar-refractivity contribution in [3.8, 4) is 0 Å². The predicted molar refractivity (Wildman–Crippen MR) is 55.4 cm³/mol. The molecule has 3 atom stereocenters. The molecule has 0 saturated carbocycles. The average Bonchev–Trinajstić information content (AvgIpc) is 2.11. The van der Waals surface area contributed by atoms with Crippen molar-refractivity contribution in [1.82, 2.24) is 0 Å². The molecule has 0 aliphatic rings. The van der Waals surface area contributed by atoms with Crippen molar-refractivity contribution in [3.05, 3.63) is 12.2 Å². The van der Waals surface area contributed by atoms with E-state index in [4.69, 9.17) is 5.11 Å². The van der Waals surface area contributed by atoms with Crippen LogP contribution in [0.2, 0.25) is 0 Å². The van der Waals surface area contributed by atoms with E-state index in [0.29, 0.717) is 5.92 Å². The maximum absolute atomic E-state index is 9.69. The van der Waals surface area contributed by atoms with Crippen LogP contribution in [0.1, 0.15) is 27.7 Å². The predicted octanol–water partition coefficient (Wildman–Crippen LogP) is 1.82. The first-order chi connectivity index (χ1) is 5.99. The maximum atomic E-state index is 9.69. The van der Waals surface area contributed by atoms with E-state index in [1.54, 1.807) is 0 Å². The van der Waals surface area contributed by atoms with E-state index in [1.165, 1.54) is 0 Å². The third kappa shape index (κ3) is 5.06. The molecular weight excluding hydrogens is 164 g/mol. The summed E-state index contributed by atoms with van der Waals surface area (Å²) in [5.74, 6) is 0.579. The first kappa shape index (κ1) is 12.7. The quantitative estimate of drug-likeness (QED) is 0.643. The molecule has 0 radical (unpaired) electrons. The molecule has 0 amide bonds. The standard InChI is InChI=1S/C11H22O2/c1-8(2)5-6-9(3)11(13)10(4)7-12/h5-6,8-13H,7H2,1-4H3/b6-5+/t9-,10-,11+/m0/s1. The summed E-state index contributed by atoms with van der Waals surface area (Å²) in [6, 6.07) is 0. The Labute approximate surface area is 81.3 Å². The summed E-state index contributed by atoms with van der Waals surface area (Å²) in [4.78, 5) is 0. The van der Waals surface area contributed by atoms with Gasteiger partial charge in [-0.15, -0.1) is 0 Å². The molecule has 0 aromatic carbocycles. The smallest absolute Gasteiger partial charge is 0.0647 e. The molecule has 78 valence electrons. The number of aliphatic hydroxyl groups excluding tert-OH is 2. The number of allylic oxidation sites excluding steroid dienone is 1. The van der Waals surface area contributed by atoms with E-state index >= 15 is 0 Å². The zero-order valence-electron chi connectivity index (χ0n) is 9.07. The normalized spacial score (nSPS) is 19.3. The second-order valence-electron chi connectivity index (χ2n) is 4.14. The highest BCUT2D eigenvalue weighted by Crippen LogP contribution is 2.14. The zero-order chi connectivity index (χ0) is 10.4. The Kier molecular flexibility index (Phi) is 6.00. The molecule has 0 saturated heterocycles. The summed E-state index contributed by atoms with van der Waals surface area (Å²) >= 11 is 0. The lowest BCUT2D eigenvalue weighted by Crippen LogP contribution is -2.26. The first-order valence-corrected chi connectivity index (χ1v) is 4.96. The van der Waals surface area contributed by atoms with E-state index in [2.05, 4.69) is 19.9 Å². The summed E-state index contributed by atoms with van der Waals surface area (Å²) in [6.45, 7) is 8.07. The van der Waals surface area contributed by atoms with Crippen LogP contribution in [0.4, 0.5) is 0 Å². The van der Waals surface area contributed by atoms with E-state index in [0.717, 1.165) is 0 Å². The SMILES string of the molecule is CC(C)/C=C/[C@H](C)[C@@H](O)[C@@H](C)CO. The van der Waals surface area contributed by atoms with Gasteiger partial charge in [0.15, 0.2) is 0 Å². The number of aliphatic hydroxyl groups is 2. The summed E-state index contributed by atoms with van der Waals surface area (Å²) in [5.41, 5.74) is 0. The van der Waals surface area contributed by atoms with Gasteiger partial charge in [0, 0.05) is 18.4 Å². The summed E-state index contributed by atoms with van der Waals surface area (Å²) < 4.78 is 0. The van der Waals surface area contributed by atoms with Gasteiger partial charge in [0.1, 0.15) is 0 Å². The van der Waals surface area contributed by atoms with Crippen molar-refractivity contribution < 1.29 is 10.2 Å². The molecule has 0 fully saturated rings. The molecule has 13 heavy (non-hydrogen) atoms. The Morgan fingerprint density at radius 3 is 2.00 bits per heavy atom. The fourth-order valence-electron chi connectivity index (χ4n) is 1.14. The minimum absolute atomic E-state index is 0.0427. The van der Waals surface area contributed by atoms with Gasteiger partial charge in [0.2, 0.25) is 0 Å². The first-order valence-electron chi connectivity index (χ1n) is 4.96. The van der Waals surface area contributed by atoms with Gasteiger partial charge in [-0.3, -0.25) is 0 Å². The zero-order valence-corrected chi connectivity index (χ0v) is 9.07. The van der Waals surface area contributed by atoms with Crippen LogP contribution >= 0.6 is 0 Å². The van der Waals surface area contributed by atoms with Gasteiger partial charge in [-0.25, -0.2) is 0 Å². The van der Waals surface area contributed by atoms with Crippen LogP contribution in [0, 0.1) is 17.8 Å².